The van der Waals surface area contributed by atoms with Crippen molar-refractivity contribution in [2.45, 2.75) is 33.9 Å². The predicted molar refractivity (Wildman–Crippen MR) is 145 cm³/mol. The second kappa shape index (κ2) is 10.5. The first-order valence-electron chi connectivity index (χ1n) is 10.7. The Bertz CT molecular complexity index is 1390. The van der Waals surface area contributed by atoms with Crippen LogP contribution in [0.4, 0.5) is 15.9 Å². The summed E-state index contributed by atoms with van der Waals surface area (Å²) in [4.78, 5) is 0. The molecule has 2 aromatic heterocycles. The minimum absolute atomic E-state index is 0.205. The normalized spacial score (nSPS) is 11.1. The van der Waals surface area contributed by atoms with E-state index in [2.05, 4.69) is 20.8 Å². The van der Waals surface area contributed by atoms with Crippen molar-refractivity contribution >= 4 is 63.6 Å². The summed E-state index contributed by atoms with van der Waals surface area (Å²) in [7, 11) is 0. The number of nitrogens with one attached hydrogen (secondary N) is 2. The van der Waals surface area contributed by atoms with E-state index >= 15 is 0 Å². The molecule has 0 unspecified atom stereocenters. The second-order valence-electron chi connectivity index (χ2n) is 8.05. The summed E-state index contributed by atoms with van der Waals surface area (Å²) in [5.41, 5.74) is 4.47. The molecule has 2 N–H and O–H groups in total. The number of hydrogen-bond acceptors (Lipinski definition) is 3. The third-order valence-corrected chi connectivity index (χ3v) is 6.69. The highest BCUT2D eigenvalue weighted by molar-refractivity contribution is 7.80. The van der Waals surface area contributed by atoms with Gasteiger partial charge in [0.15, 0.2) is 10.9 Å². The van der Waals surface area contributed by atoms with Crippen LogP contribution in [0.2, 0.25) is 15.1 Å². The molecular weight excluding hydrogens is 530 g/mol. The summed E-state index contributed by atoms with van der Waals surface area (Å²) < 4.78 is 17.8. The highest BCUT2D eigenvalue weighted by Gasteiger charge is 2.16. The van der Waals surface area contributed by atoms with Crippen LogP contribution in [0.3, 0.4) is 0 Å². The molecular formula is C24H22Cl3FN6S. The number of aromatic nitrogens is 4. The molecule has 6 nitrogen and oxygen atoms in total. The first kappa shape index (κ1) is 25.4. The third-order valence-electron chi connectivity index (χ3n) is 5.55. The van der Waals surface area contributed by atoms with Crippen LogP contribution < -0.4 is 10.6 Å². The van der Waals surface area contributed by atoms with Crippen molar-refractivity contribution in [2.24, 2.45) is 0 Å². The van der Waals surface area contributed by atoms with Crippen molar-refractivity contribution in [3.8, 4) is 0 Å². The lowest BCUT2D eigenvalue weighted by Gasteiger charge is -2.11. The van der Waals surface area contributed by atoms with E-state index in [0.29, 0.717) is 38.1 Å². The lowest BCUT2D eigenvalue weighted by atomic mass is 10.2. The van der Waals surface area contributed by atoms with Crippen molar-refractivity contribution in [3.63, 3.8) is 0 Å². The van der Waals surface area contributed by atoms with Crippen LogP contribution in [0.1, 0.15) is 28.2 Å². The number of thiocarbonyl (C=S) groups is 1. The second-order valence-corrected chi connectivity index (χ2v) is 9.71. The highest BCUT2D eigenvalue weighted by atomic mass is 35.5. The number of nitrogens with zero attached hydrogens (tertiary/aromatic N) is 4. The van der Waals surface area contributed by atoms with Gasteiger partial charge in [-0.25, -0.2) is 4.39 Å². The summed E-state index contributed by atoms with van der Waals surface area (Å²) in [5.74, 6) is 0.216. The van der Waals surface area contributed by atoms with E-state index < -0.39 is 0 Å². The van der Waals surface area contributed by atoms with E-state index in [-0.39, 0.29) is 12.4 Å². The highest BCUT2D eigenvalue weighted by Crippen LogP contribution is 2.25. The number of halogens is 4. The molecule has 0 aliphatic rings. The fourth-order valence-corrected chi connectivity index (χ4v) is 4.57. The number of aryl methyl sites for hydroxylation is 2. The van der Waals surface area contributed by atoms with Crippen LogP contribution in [0.25, 0.3) is 0 Å². The van der Waals surface area contributed by atoms with Gasteiger partial charge in [0.25, 0.3) is 0 Å². The topological polar surface area (TPSA) is 59.7 Å². The SMILES string of the molecule is Cc1nn(Cc2c(F)cccc2Cl)c(C)c1NC(=S)Nc1cc(C)n(Cc2ccc(Cl)cc2Cl)n1. The van der Waals surface area contributed by atoms with Crippen molar-refractivity contribution < 1.29 is 4.39 Å². The Labute approximate surface area is 223 Å². The summed E-state index contributed by atoms with van der Waals surface area (Å²) in [6.07, 6.45) is 0. The maximum atomic E-state index is 14.2. The summed E-state index contributed by atoms with van der Waals surface area (Å²) in [5, 5.41) is 17.3. The Morgan fingerprint density at radius 2 is 1.71 bits per heavy atom. The zero-order valence-electron chi connectivity index (χ0n) is 19.2. The van der Waals surface area contributed by atoms with Gasteiger partial charge in [0, 0.05) is 32.4 Å². The summed E-state index contributed by atoms with van der Waals surface area (Å²) >= 11 is 24.0. The van der Waals surface area contributed by atoms with Crippen LogP contribution in [-0.2, 0) is 13.1 Å². The van der Waals surface area contributed by atoms with Crippen molar-refractivity contribution in [2.75, 3.05) is 10.6 Å². The monoisotopic (exact) mass is 550 g/mol. The zero-order valence-corrected chi connectivity index (χ0v) is 22.2. The Balaban J connectivity index is 1.46. The van der Waals surface area contributed by atoms with E-state index in [4.69, 9.17) is 47.0 Å². The summed E-state index contributed by atoms with van der Waals surface area (Å²) in [6, 6.07) is 11.9. The Morgan fingerprint density at radius 1 is 0.943 bits per heavy atom. The molecule has 0 atom stereocenters. The van der Waals surface area contributed by atoms with Gasteiger partial charge in [-0.05, 0) is 62.8 Å². The molecule has 11 heteroatoms. The lowest BCUT2D eigenvalue weighted by Crippen LogP contribution is -2.20. The Morgan fingerprint density at radius 3 is 2.43 bits per heavy atom. The lowest BCUT2D eigenvalue weighted by molar-refractivity contribution is 0.579. The van der Waals surface area contributed by atoms with Crippen LogP contribution in [0.5, 0.6) is 0 Å². The molecule has 0 amide bonds. The van der Waals surface area contributed by atoms with Gasteiger partial charge in [-0.2, -0.15) is 10.2 Å². The molecule has 182 valence electrons. The molecule has 0 saturated heterocycles. The van der Waals surface area contributed by atoms with Gasteiger partial charge < -0.3 is 10.6 Å². The molecule has 4 rings (SSSR count). The van der Waals surface area contributed by atoms with Gasteiger partial charge in [-0.3, -0.25) is 9.36 Å². The molecule has 35 heavy (non-hydrogen) atoms. The first-order valence-corrected chi connectivity index (χ1v) is 12.2. The van der Waals surface area contributed by atoms with Crippen LogP contribution in [0.15, 0.2) is 42.5 Å². The summed E-state index contributed by atoms with van der Waals surface area (Å²) in [6.45, 7) is 6.38. The van der Waals surface area contributed by atoms with E-state index in [1.54, 1.807) is 28.9 Å². The first-order chi connectivity index (χ1) is 16.6. The molecule has 2 heterocycles. The average Bonchev–Trinajstić information content (AvgIpc) is 3.25. The predicted octanol–water partition coefficient (Wildman–Crippen LogP) is 7.01. The number of hydrogen-bond donors (Lipinski definition) is 2. The minimum Gasteiger partial charge on any atom is -0.329 e. The number of benzene rings is 2. The largest absolute Gasteiger partial charge is 0.329 e. The molecule has 0 bridgehead atoms. The van der Waals surface area contributed by atoms with E-state index in [1.807, 2.05) is 37.6 Å². The minimum atomic E-state index is -0.373. The fourth-order valence-electron chi connectivity index (χ4n) is 3.67. The third kappa shape index (κ3) is 5.78. The van der Waals surface area contributed by atoms with Crippen LogP contribution >= 0.6 is 47.0 Å². The molecule has 0 aliphatic carbocycles. The van der Waals surface area contributed by atoms with Crippen LogP contribution in [0, 0.1) is 26.6 Å². The number of anilines is 2. The van der Waals surface area contributed by atoms with Crippen molar-refractivity contribution in [3.05, 3.63) is 91.6 Å². The van der Waals surface area contributed by atoms with Crippen molar-refractivity contribution in [1.29, 1.82) is 0 Å². The van der Waals surface area contributed by atoms with Gasteiger partial charge in [0.2, 0.25) is 0 Å². The molecule has 0 radical (unpaired) electrons. The zero-order chi connectivity index (χ0) is 25.3. The standard InChI is InChI=1S/C24H22Cl3FN6S/c1-13-9-22(32-33(13)11-16-7-8-17(25)10-20(16)27)29-24(35)30-23-14(2)31-34(15(23)3)12-18-19(26)5-4-6-21(18)28/h4-10H,11-12H2,1-3H3,(H2,29,30,32,35). The number of rotatable bonds is 6. The van der Waals surface area contributed by atoms with Crippen LogP contribution in [-0.4, -0.2) is 24.7 Å². The average molecular weight is 552 g/mol. The fraction of sp³-hybridized carbons (Fsp3) is 0.208. The maximum absolute atomic E-state index is 14.2. The molecule has 0 aliphatic heterocycles. The van der Waals surface area contributed by atoms with Gasteiger partial charge >= 0.3 is 0 Å². The van der Waals surface area contributed by atoms with Gasteiger partial charge in [0.05, 0.1) is 30.2 Å². The Kier molecular flexibility index (Phi) is 7.66. The molecule has 2 aromatic carbocycles. The van der Waals surface area contributed by atoms with Gasteiger partial charge in [-0.1, -0.05) is 46.9 Å². The smallest absolute Gasteiger partial charge is 0.176 e. The van der Waals surface area contributed by atoms with E-state index in [9.17, 15) is 4.39 Å². The van der Waals surface area contributed by atoms with Gasteiger partial charge in [0.1, 0.15) is 5.82 Å². The maximum Gasteiger partial charge on any atom is 0.176 e. The van der Waals surface area contributed by atoms with Gasteiger partial charge in [-0.15, -0.1) is 0 Å². The molecule has 0 saturated carbocycles. The molecule has 0 spiro atoms. The quantitative estimate of drug-likeness (QED) is 0.252. The van der Waals surface area contributed by atoms with E-state index in [1.165, 1.54) is 6.07 Å². The Hall–Kier alpha value is -2.65. The van der Waals surface area contributed by atoms with Crippen molar-refractivity contribution in [1.82, 2.24) is 19.6 Å². The van der Waals surface area contributed by atoms with E-state index in [0.717, 1.165) is 28.3 Å². The molecule has 4 aromatic rings. The molecule has 0 fully saturated rings.